The molecule has 5 nitrogen and oxygen atoms in total. The number of rotatable bonds is 3. The standard InChI is InChI=1S/C11H12F3N3O2S2/c1-16(2)21(18,19)10-5-4-8(20-10)7-6-9(11(12,13)14)17(3)15-7/h4-6H,1-3H3/p+1. The summed E-state index contributed by atoms with van der Waals surface area (Å²) in [7, 11) is 0.449. The number of thiophene rings is 1. The summed E-state index contributed by atoms with van der Waals surface area (Å²) < 4.78 is 64.1. The lowest BCUT2D eigenvalue weighted by Gasteiger charge is -2.08. The van der Waals surface area contributed by atoms with Gasteiger partial charge in [0.15, 0.2) is 7.05 Å². The molecule has 0 saturated heterocycles. The molecule has 0 aliphatic carbocycles. The maximum atomic E-state index is 12.7. The molecule has 0 aliphatic rings. The largest absolute Gasteiger partial charge is 0.479 e. The van der Waals surface area contributed by atoms with Crippen molar-refractivity contribution in [3.63, 3.8) is 0 Å². The van der Waals surface area contributed by atoms with E-state index in [9.17, 15) is 21.6 Å². The van der Waals surface area contributed by atoms with Crippen molar-refractivity contribution in [2.45, 2.75) is 10.4 Å². The number of nitrogens with one attached hydrogen (secondary N) is 1. The second-order valence-electron chi connectivity index (χ2n) is 4.52. The molecule has 0 amide bonds. The molecule has 0 spiro atoms. The summed E-state index contributed by atoms with van der Waals surface area (Å²) in [5, 5.41) is 2.56. The van der Waals surface area contributed by atoms with E-state index in [0.717, 1.165) is 26.4 Å². The molecule has 2 aromatic heterocycles. The number of sulfonamides is 1. The third-order valence-corrected chi connectivity index (χ3v) is 6.20. The second-order valence-corrected chi connectivity index (χ2v) is 7.98. The molecule has 10 heteroatoms. The van der Waals surface area contributed by atoms with Crippen LogP contribution in [0, 0.1) is 0 Å². The molecule has 2 aromatic rings. The van der Waals surface area contributed by atoms with Gasteiger partial charge in [-0.05, 0) is 12.1 Å². The van der Waals surface area contributed by atoms with Gasteiger partial charge in [0.2, 0.25) is 0 Å². The number of H-pyrrole nitrogens is 1. The van der Waals surface area contributed by atoms with Gasteiger partial charge in [0.25, 0.3) is 10.0 Å². The van der Waals surface area contributed by atoms with Crippen LogP contribution in [0.1, 0.15) is 5.69 Å². The van der Waals surface area contributed by atoms with Gasteiger partial charge >= 0.3 is 11.9 Å². The van der Waals surface area contributed by atoms with Crippen LogP contribution >= 0.6 is 11.3 Å². The molecule has 2 heterocycles. The molecule has 2 rings (SSSR count). The number of aromatic amines is 1. The van der Waals surface area contributed by atoms with Crippen molar-refractivity contribution in [2.24, 2.45) is 7.05 Å². The Labute approximate surface area is 123 Å². The van der Waals surface area contributed by atoms with E-state index in [-0.39, 0.29) is 9.90 Å². The fourth-order valence-corrected chi connectivity index (χ4v) is 4.13. The highest BCUT2D eigenvalue weighted by Crippen LogP contribution is 2.33. The lowest BCUT2D eigenvalue weighted by molar-refractivity contribution is -0.742. The number of alkyl halides is 3. The van der Waals surface area contributed by atoms with Crippen LogP contribution in [0.5, 0.6) is 0 Å². The van der Waals surface area contributed by atoms with Gasteiger partial charge in [-0.1, -0.05) is 0 Å². The van der Waals surface area contributed by atoms with Crippen LogP contribution in [0.3, 0.4) is 0 Å². The zero-order chi connectivity index (χ0) is 16.0. The SMILES string of the molecule is CN(C)S(=O)(=O)c1ccc(-c2cc(C(F)(F)F)[n+](C)[nH]2)s1. The molecule has 0 atom stereocenters. The third-order valence-electron chi connectivity index (χ3n) is 2.80. The average Bonchev–Trinajstić information content (AvgIpc) is 2.93. The van der Waals surface area contributed by atoms with Crippen LogP contribution in [0.4, 0.5) is 13.2 Å². The first kappa shape index (κ1) is 16.0. The second kappa shape index (κ2) is 5.11. The van der Waals surface area contributed by atoms with E-state index in [2.05, 4.69) is 5.10 Å². The molecule has 0 fully saturated rings. The average molecular weight is 340 g/mol. The molecule has 0 radical (unpaired) electrons. The quantitative estimate of drug-likeness (QED) is 0.867. The highest BCUT2D eigenvalue weighted by Gasteiger charge is 2.42. The summed E-state index contributed by atoms with van der Waals surface area (Å²) in [5.41, 5.74) is -0.613. The summed E-state index contributed by atoms with van der Waals surface area (Å²) in [6.07, 6.45) is -4.47. The molecule has 0 saturated carbocycles. The van der Waals surface area contributed by atoms with Gasteiger partial charge < -0.3 is 0 Å². The van der Waals surface area contributed by atoms with Gasteiger partial charge in [-0.25, -0.2) is 12.7 Å². The van der Waals surface area contributed by atoms with Gasteiger partial charge in [-0.2, -0.15) is 18.3 Å². The van der Waals surface area contributed by atoms with E-state index in [4.69, 9.17) is 0 Å². The Bertz CT molecular complexity index is 760. The minimum Gasteiger partial charge on any atom is -0.206 e. The molecule has 0 bridgehead atoms. The number of aryl methyl sites for hydroxylation is 1. The molecule has 21 heavy (non-hydrogen) atoms. The van der Waals surface area contributed by atoms with Crippen LogP contribution in [-0.2, 0) is 23.2 Å². The number of aromatic nitrogens is 2. The number of hydrogen-bond acceptors (Lipinski definition) is 3. The Hall–Kier alpha value is -1.39. The Morgan fingerprint density at radius 1 is 1.29 bits per heavy atom. The van der Waals surface area contributed by atoms with Crippen molar-refractivity contribution in [1.29, 1.82) is 0 Å². The van der Waals surface area contributed by atoms with E-state index in [1.54, 1.807) is 0 Å². The first-order valence-electron chi connectivity index (χ1n) is 5.72. The van der Waals surface area contributed by atoms with E-state index in [1.807, 2.05) is 0 Å². The first-order valence-corrected chi connectivity index (χ1v) is 7.98. The molecule has 1 N–H and O–H groups in total. The Morgan fingerprint density at radius 2 is 1.90 bits per heavy atom. The Balaban J connectivity index is 2.44. The zero-order valence-corrected chi connectivity index (χ0v) is 13.0. The molecule has 116 valence electrons. The summed E-state index contributed by atoms with van der Waals surface area (Å²) in [6, 6.07) is 3.81. The smallest absolute Gasteiger partial charge is 0.206 e. The fourth-order valence-electron chi connectivity index (χ4n) is 1.69. The predicted octanol–water partition coefficient (Wildman–Crippen LogP) is 1.84. The summed E-state index contributed by atoms with van der Waals surface area (Å²) in [4.78, 5) is 0.418. The van der Waals surface area contributed by atoms with E-state index >= 15 is 0 Å². The van der Waals surface area contributed by atoms with E-state index in [1.165, 1.54) is 33.3 Å². The van der Waals surface area contributed by atoms with Crippen LogP contribution < -0.4 is 4.68 Å². The third kappa shape index (κ3) is 2.97. The van der Waals surface area contributed by atoms with Crippen molar-refractivity contribution in [3.05, 3.63) is 23.9 Å². The Morgan fingerprint density at radius 3 is 2.38 bits per heavy atom. The lowest BCUT2D eigenvalue weighted by atomic mass is 10.3. The van der Waals surface area contributed by atoms with Crippen LogP contribution in [0.25, 0.3) is 10.6 Å². The monoisotopic (exact) mass is 340 g/mol. The zero-order valence-electron chi connectivity index (χ0n) is 11.4. The van der Waals surface area contributed by atoms with Gasteiger partial charge in [-0.15, -0.1) is 16.0 Å². The molecule has 0 unspecified atom stereocenters. The van der Waals surface area contributed by atoms with Gasteiger partial charge in [-0.3, -0.25) is 0 Å². The number of nitrogens with zero attached hydrogens (tertiary/aromatic N) is 2. The predicted molar refractivity (Wildman–Crippen MR) is 71.2 cm³/mol. The van der Waals surface area contributed by atoms with Crippen molar-refractivity contribution in [1.82, 2.24) is 9.40 Å². The van der Waals surface area contributed by atoms with Gasteiger partial charge in [0, 0.05) is 20.2 Å². The van der Waals surface area contributed by atoms with E-state index < -0.39 is 21.9 Å². The van der Waals surface area contributed by atoms with Crippen molar-refractivity contribution in [2.75, 3.05) is 14.1 Å². The topological polar surface area (TPSA) is 57.1 Å². The minimum atomic E-state index is -4.47. The van der Waals surface area contributed by atoms with Crippen molar-refractivity contribution in [3.8, 4) is 10.6 Å². The van der Waals surface area contributed by atoms with Crippen molar-refractivity contribution >= 4 is 21.4 Å². The van der Waals surface area contributed by atoms with E-state index in [0.29, 0.717) is 4.88 Å². The van der Waals surface area contributed by atoms with Crippen LogP contribution in [-0.4, -0.2) is 31.9 Å². The summed E-state index contributed by atoms with van der Waals surface area (Å²) in [6.45, 7) is 0. The Kier molecular flexibility index (Phi) is 3.89. The maximum absolute atomic E-state index is 12.7. The summed E-state index contributed by atoms with van der Waals surface area (Å²) >= 11 is 0.912. The number of halogens is 3. The normalized spacial score (nSPS) is 13.1. The number of hydrogen-bond donors (Lipinski definition) is 1. The van der Waals surface area contributed by atoms with Gasteiger partial charge in [0.05, 0.1) is 4.88 Å². The highest BCUT2D eigenvalue weighted by atomic mass is 32.2. The molecule has 0 aromatic carbocycles. The highest BCUT2D eigenvalue weighted by molar-refractivity contribution is 7.91. The van der Waals surface area contributed by atoms with Crippen LogP contribution in [0.15, 0.2) is 22.4 Å². The maximum Gasteiger partial charge on any atom is 0.479 e. The minimum absolute atomic E-state index is 0.0771. The summed E-state index contributed by atoms with van der Waals surface area (Å²) in [5.74, 6) is 0. The fraction of sp³-hybridized carbons (Fsp3) is 0.364. The molecular weight excluding hydrogens is 327 g/mol. The van der Waals surface area contributed by atoms with Crippen molar-refractivity contribution < 1.29 is 26.3 Å². The van der Waals surface area contributed by atoms with Crippen LogP contribution in [0.2, 0.25) is 0 Å². The van der Waals surface area contributed by atoms with Gasteiger partial charge in [0.1, 0.15) is 9.90 Å². The first-order chi connectivity index (χ1) is 9.53. The molecule has 0 aliphatic heterocycles. The molecular formula is C11H13F3N3O2S2+. The lowest BCUT2D eigenvalue weighted by Crippen LogP contribution is -2.38.